The molecule has 0 unspecified atom stereocenters. The van der Waals surface area contributed by atoms with Crippen molar-refractivity contribution in [1.82, 2.24) is 15.0 Å². The minimum Gasteiger partial charge on any atom is -0.476 e. The van der Waals surface area contributed by atoms with Crippen LogP contribution in [0.3, 0.4) is 0 Å². The topological polar surface area (TPSA) is 119 Å². The zero-order valence-electron chi connectivity index (χ0n) is 9.37. The van der Waals surface area contributed by atoms with Crippen LogP contribution >= 0.6 is 11.6 Å². The van der Waals surface area contributed by atoms with Crippen LogP contribution in [0, 0.1) is 0 Å². The van der Waals surface area contributed by atoms with E-state index in [0.717, 1.165) is 6.20 Å². The van der Waals surface area contributed by atoms with Crippen LogP contribution < -0.4 is 5.73 Å². The van der Waals surface area contributed by atoms with Crippen molar-refractivity contribution in [2.75, 3.05) is 0 Å². The van der Waals surface area contributed by atoms with E-state index < -0.39 is 11.9 Å². The van der Waals surface area contributed by atoms with E-state index in [9.17, 15) is 9.59 Å². The first-order valence-electron chi connectivity index (χ1n) is 5.01. The van der Waals surface area contributed by atoms with Crippen molar-refractivity contribution in [3.63, 3.8) is 0 Å². The molecular formula is C11H7ClN4O3. The molecule has 0 spiro atoms. The maximum atomic E-state index is 11.1. The number of hydrogen-bond donors (Lipinski definition) is 2. The Kier molecular flexibility index (Phi) is 3.39. The molecule has 0 bridgehead atoms. The van der Waals surface area contributed by atoms with E-state index in [-0.39, 0.29) is 22.8 Å². The molecule has 0 aliphatic carbocycles. The van der Waals surface area contributed by atoms with E-state index in [2.05, 4.69) is 15.0 Å². The van der Waals surface area contributed by atoms with Crippen molar-refractivity contribution in [3.8, 4) is 11.4 Å². The van der Waals surface area contributed by atoms with Gasteiger partial charge in [0.1, 0.15) is 11.4 Å². The fourth-order valence-electron chi connectivity index (χ4n) is 1.36. The van der Waals surface area contributed by atoms with E-state index >= 15 is 0 Å². The van der Waals surface area contributed by atoms with Gasteiger partial charge in [-0.2, -0.15) is 0 Å². The second-order valence-corrected chi connectivity index (χ2v) is 3.92. The minimum absolute atomic E-state index is 0.0412. The van der Waals surface area contributed by atoms with E-state index in [1.807, 2.05) is 0 Å². The predicted octanol–water partition coefficient (Wildman–Crippen LogP) is 0.989. The molecule has 0 radical (unpaired) electrons. The summed E-state index contributed by atoms with van der Waals surface area (Å²) in [6.07, 6.45) is 2.34. The molecule has 3 N–H and O–H groups in total. The molecule has 1 amide bonds. The number of carbonyl (C=O) groups excluding carboxylic acids is 1. The molecule has 19 heavy (non-hydrogen) atoms. The predicted molar refractivity (Wildman–Crippen MR) is 65.8 cm³/mol. The van der Waals surface area contributed by atoms with Gasteiger partial charge in [-0.05, 0) is 12.1 Å². The van der Waals surface area contributed by atoms with Gasteiger partial charge in [0.2, 0.25) is 0 Å². The molecule has 2 rings (SSSR count). The first-order chi connectivity index (χ1) is 8.99. The Balaban J connectivity index is 2.64. The Labute approximate surface area is 112 Å². The highest BCUT2D eigenvalue weighted by Crippen LogP contribution is 2.20. The largest absolute Gasteiger partial charge is 0.476 e. The SMILES string of the molecule is NC(=O)c1cnc(C(=O)O)c(-c2ccc(Cl)cn2)n1. The van der Waals surface area contributed by atoms with Gasteiger partial charge in [0, 0.05) is 6.20 Å². The van der Waals surface area contributed by atoms with Crippen LogP contribution in [0.15, 0.2) is 24.5 Å². The number of carbonyl (C=O) groups is 2. The lowest BCUT2D eigenvalue weighted by atomic mass is 10.2. The summed E-state index contributed by atoms with van der Waals surface area (Å²) in [6, 6.07) is 3.00. The zero-order valence-corrected chi connectivity index (χ0v) is 10.1. The maximum absolute atomic E-state index is 11.1. The summed E-state index contributed by atoms with van der Waals surface area (Å²) in [5, 5.41) is 9.43. The van der Waals surface area contributed by atoms with Crippen LogP contribution in [0.5, 0.6) is 0 Å². The van der Waals surface area contributed by atoms with Crippen molar-refractivity contribution >= 4 is 23.5 Å². The summed E-state index contributed by atoms with van der Waals surface area (Å²) in [5.41, 5.74) is 4.81. The second-order valence-electron chi connectivity index (χ2n) is 3.48. The molecule has 96 valence electrons. The van der Waals surface area contributed by atoms with Gasteiger partial charge in [0.15, 0.2) is 5.69 Å². The van der Waals surface area contributed by atoms with Crippen LogP contribution in [0.4, 0.5) is 0 Å². The number of halogens is 1. The third-order valence-corrected chi connectivity index (χ3v) is 2.42. The number of amides is 1. The fraction of sp³-hybridized carbons (Fsp3) is 0. The lowest BCUT2D eigenvalue weighted by molar-refractivity contribution is 0.0690. The molecule has 0 saturated heterocycles. The van der Waals surface area contributed by atoms with Crippen LogP contribution in [-0.2, 0) is 0 Å². The van der Waals surface area contributed by atoms with E-state index in [0.29, 0.717) is 5.02 Å². The van der Waals surface area contributed by atoms with Gasteiger partial charge in [-0.15, -0.1) is 0 Å². The minimum atomic E-state index is -1.28. The first kappa shape index (κ1) is 12.9. The highest BCUT2D eigenvalue weighted by Gasteiger charge is 2.18. The van der Waals surface area contributed by atoms with Crippen molar-refractivity contribution in [1.29, 1.82) is 0 Å². The molecule has 0 aliphatic rings. The number of pyridine rings is 1. The number of aromatic nitrogens is 3. The summed E-state index contributed by atoms with van der Waals surface area (Å²) < 4.78 is 0. The molecule has 0 saturated carbocycles. The Morgan fingerprint density at radius 1 is 1.21 bits per heavy atom. The normalized spacial score (nSPS) is 10.2. The molecule has 0 aliphatic heterocycles. The lowest BCUT2D eigenvalue weighted by Crippen LogP contribution is -2.16. The molecule has 0 aromatic carbocycles. The monoisotopic (exact) mass is 278 g/mol. The van der Waals surface area contributed by atoms with Crippen molar-refractivity contribution in [2.45, 2.75) is 0 Å². The molecule has 2 heterocycles. The van der Waals surface area contributed by atoms with Crippen LogP contribution in [-0.4, -0.2) is 31.9 Å². The lowest BCUT2D eigenvalue weighted by Gasteiger charge is -2.05. The molecule has 2 aromatic heterocycles. The van der Waals surface area contributed by atoms with E-state index in [1.165, 1.54) is 18.3 Å². The molecule has 0 fully saturated rings. The van der Waals surface area contributed by atoms with E-state index in [4.69, 9.17) is 22.4 Å². The average Bonchev–Trinajstić information content (AvgIpc) is 2.38. The number of carboxylic acids is 1. The molecule has 0 atom stereocenters. The summed E-state index contributed by atoms with van der Waals surface area (Å²) >= 11 is 5.69. The van der Waals surface area contributed by atoms with E-state index in [1.54, 1.807) is 0 Å². The summed E-state index contributed by atoms with van der Waals surface area (Å²) in [6.45, 7) is 0. The standard InChI is InChI=1S/C11H7ClN4O3/c12-5-1-2-6(14-3-5)8-9(11(18)19)15-4-7(16-8)10(13)17/h1-4H,(H2,13,17)(H,18,19). The second kappa shape index (κ2) is 4.99. The van der Waals surface area contributed by atoms with Crippen molar-refractivity contribution < 1.29 is 14.7 Å². The van der Waals surface area contributed by atoms with Crippen molar-refractivity contribution in [2.24, 2.45) is 5.73 Å². The van der Waals surface area contributed by atoms with Gasteiger partial charge in [0.25, 0.3) is 5.91 Å². The Bertz CT molecular complexity index is 657. The van der Waals surface area contributed by atoms with Gasteiger partial charge in [-0.3, -0.25) is 9.78 Å². The summed E-state index contributed by atoms with van der Waals surface area (Å²) in [5.74, 6) is -2.09. The summed E-state index contributed by atoms with van der Waals surface area (Å²) in [7, 11) is 0. The first-order valence-corrected chi connectivity index (χ1v) is 5.39. The zero-order chi connectivity index (χ0) is 14.0. The maximum Gasteiger partial charge on any atom is 0.356 e. The van der Waals surface area contributed by atoms with Crippen LogP contribution in [0.2, 0.25) is 5.02 Å². The Morgan fingerprint density at radius 3 is 2.47 bits per heavy atom. The van der Waals surface area contributed by atoms with Gasteiger partial charge < -0.3 is 10.8 Å². The number of nitrogens with two attached hydrogens (primary N) is 1. The fourth-order valence-corrected chi connectivity index (χ4v) is 1.47. The quantitative estimate of drug-likeness (QED) is 0.864. The van der Waals surface area contributed by atoms with Crippen LogP contribution in [0.25, 0.3) is 11.4 Å². The highest BCUT2D eigenvalue weighted by molar-refractivity contribution is 6.30. The Hall–Kier alpha value is -2.54. The van der Waals surface area contributed by atoms with Gasteiger partial charge in [-0.25, -0.2) is 14.8 Å². The number of nitrogens with zero attached hydrogens (tertiary/aromatic N) is 3. The molecule has 8 heteroatoms. The van der Waals surface area contributed by atoms with Crippen molar-refractivity contribution in [3.05, 3.63) is 40.9 Å². The van der Waals surface area contributed by atoms with Gasteiger partial charge in [-0.1, -0.05) is 11.6 Å². The number of rotatable bonds is 3. The molecular weight excluding hydrogens is 272 g/mol. The third kappa shape index (κ3) is 2.66. The summed E-state index contributed by atoms with van der Waals surface area (Å²) in [4.78, 5) is 33.6. The number of primary amides is 1. The smallest absolute Gasteiger partial charge is 0.356 e. The van der Waals surface area contributed by atoms with Gasteiger partial charge in [0.05, 0.1) is 16.9 Å². The average molecular weight is 279 g/mol. The van der Waals surface area contributed by atoms with Crippen LogP contribution in [0.1, 0.15) is 21.0 Å². The number of hydrogen-bond acceptors (Lipinski definition) is 5. The number of aromatic carboxylic acids is 1. The molecule has 7 nitrogen and oxygen atoms in total. The number of carboxylic acid groups (broad SMARTS) is 1. The third-order valence-electron chi connectivity index (χ3n) is 2.20. The molecule has 2 aromatic rings. The highest BCUT2D eigenvalue weighted by atomic mass is 35.5. The Morgan fingerprint density at radius 2 is 1.95 bits per heavy atom. The van der Waals surface area contributed by atoms with Gasteiger partial charge >= 0.3 is 5.97 Å².